The van der Waals surface area contributed by atoms with Gasteiger partial charge in [0.05, 0.1) is 0 Å². The molecule has 72 valence electrons. The fourth-order valence-corrected chi connectivity index (χ4v) is 2.01. The number of likely N-dealkylation sites (N-methyl/N-ethyl adjacent to an activating group) is 1. The largest absolute Gasteiger partial charge is 0.318 e. The van der Waals surface area contributed by atoms with Crippen LogP contribution in [-0.2, 0) is 0 Å². The number of piperidine rings is 1. The Hall–Kier alpha value is -0.0800. The van der Waals surface area contributed by atoms with Crippen LogP contribution in [0.25, 0.3) is 0 Å². The number of likely N-dealkylation sites (tertiary alicyclic amines) is 1. The molecule has 0 unspecified atom stereocenters. The van der Waals surface area contributed by atoms with E-state index in [0.29, 0.717) is 5.41 Å². The maximum Gasteiger partial charge on any atom is 0.0107 e. The topological polar surface area (TPSA) is 15.3 Å². The molecule has 1 rings (SSSR count). The third kappa shape index (κ3) is 3.11. The monoisotopic (exact) mass is 170 g/mol. The molecule has 2 heteroatoms. The van der Waals surface area contributed by atoms with Crippen molar-refractivity contribution in [2.45, 2.75) is 26.7 Å². The summed E-state index contributed by atoms with van der Waals surface area (Å²) in [5.74, 6) is 0. The lowest BCUT2D eigenvalue weighted by Crippen LogP contribution is -2.42. The van der Waals surface area contributed by atoms with Crippen molar-refractivity contribution in [3.05, 3.63) is 0 Å². The van der Waals surface area contributed by atoms with Crippen molar-refractivity contribution in [1.82, 2.24) is 10.2 Å². The van der Waals surface area contributed by atoms with Gasteiger partial charge in [0.25, 0.3) is 0 Å². The molecule has 0 saturated carbocycles. The second kappa shape index (κ2) is 4.24. The van der Waals surface area contributed by atoms with Gasteiger partial charge in [-0.2, -0.15) is 0 Å². The standard InChI is InChI=1S/C10H22N2/c1-10(2)5-4-7-12(9-10)8-6-11-3/h11H,4-9H2,1-3H3. The van der Waals surface area contributed by atoms with E-state index < -0.39 is 0 Å². The normalized spacial score (nSPS) is 24.2. The fourth-order valence-electron chi connectivity index (χ4n) is 2.01. The zero-order valence-corrected chi connectivity index (χ0v) is 8.69. The van der Waals surface area contributed by atoms with Gasteiger partial charge < -0.3 is 10.2 Å². The van der Waals surface area contributed by atoms with Gasteiger partial charge in [0.1, 0.15) is 0 Å². The van der Waals surface area contributed by atoms with E-state index >= 15 is 0 Å². The van der Waals surface area contributed by atoms with Crippen molar-refractivity contribution in [2.24, 2.45) is 5.41 Å². The predicted octanol–water partition coefficient (Wildman–Crippen LogP) is 1.33. The highest BCUT2D eigenvalue weighted by Gasteiger charge is 2.25. The highest BCUT2D eigenvalue weighted by atomic mass is 15.1. The zero-order chi connectivity index (χ0) is 9.03. The molecule has 0 aromatic heterocycles. The van der Waals surface area contributed by atoms with E-state index in [1.807, 2.05) is 7.05 Å². The van der Waals surface area contributed by atoms with E-state index in [9.17, 15) is 0 Å². The first kappa shape index (κ1) is 10.0. The number of nitrogens with one attached hydrogen (secondary N) is 1. The molecule has 0 radical (unpaired) electrons. The molecule has 1 aliphatic rings. The summed E-state index contributed by atoms with van der Waals surface area (Å²) < 4.78 is 0. The molecule has 1 N–H and O–H groups in total. The minimum absolute atomic E-state index is 0.548. The van der Waals surface area contributed by atoms with E-state index in [1.54, 1.807) is 0 Å². The summed E-state index contributed by atoms with van der Waals surface area (Å²) in [6.45, 7) is 9.65. The van der Waals surface area contributed by atoms with E-state index in [4.69, 9.17) is 0 Å². The van der Waals surface area contributed by atoms with Crippen LogP contribution in [0.15, 0.2) is 0 Å². The Balaban J connectivity index is 2.26. The van der Waals surface area contributed by atoms with Gasteiger partial charge in [0.2, 0.25) is 0 Å². The predicted molar refractivity (Wildman–Crippen MR) is 53.4 cm³/mol. The maximum atomic E-state index is 3.20. The average molecular weight is 170 g/mol. The molecule has 2 nitrogen and oxygen atoms in total. The van der Waals surface area contributed by atoms with Gasteiger partial charge >= 0.3 is 0 Å². The van der Waals surface area contributed by atoms with Crippen LogP contribution in [0.4, 0.5) is 0 Å². The van der Waals surface area contributed by atoms with Gasteiger partial charge in [-0.05, 0) is 31.8 Å². The Kier molecular flexibility index (Phi) is 3.53. The molecule has 1 aliphatic heterocycles. The molecule has 1 fully saturated rings. The Morgan fingerprint density at radius 1 is 1.42 bits per heavy atom. The molecule has 0 aliphatic carbocycles. The summed E-state index contributed by atoms with van der Waals surface area (Å²) in [4.78, 5) is 2.57. The van der Waals surface area contributed by atoms with Gasteiger partial charge in [-0.15, -0.1) is 0 Å². The zero-order valence-electron chi connectivity index (χ0n) is 8.69. The van der Waals surface area contributed by atoms with Crippen molar-refractivity contribution in [2.75, 3.05) is 33.2 Å². The van der Waals surface area contributed by atoms with Crippen LogP contribution in [0.3, 0.4) is 0 Å². The molecule has 1 saturated heterocycles. The number of nitrogens with zero attached hydrogens (tertiary/aromatic N) is 1. The van der Waals surface area contributed by atoms with Crippen LogP contribution in [-0.4, -0.2) is 38.1 Å². The number of hydrogen-bond acceptors (Lipinski definition) is 2. The first-order chi connectivity index (χ1) is 5.64. The van der Waals surface area contributed by atoms with Crippen molar-refractivity contribution >= 4 is 0 Å². The summed E-state index contributed by atoms with van der Waals surface area (Å²) in [5, 5.41) is 3.20. The minimum Gasteiger partial charge on any atom is -0.318 e. The van der Waals surface area contributed by atoms with Crippen LogP contribution in [0.2, 0.25) is 0 Å². The van der Waals surface area contributed by atoms with E-state index in [0.717, 1.165) is 6.54 Å². The third-order valence-electron chi connectivity index (χ3n) is 2.66. The van der Waals surface area contributed by atoms with E-state index in [-0.39, 0.29) is 0 Å². The van der Waals surface area contributed by atoms with Crippen molar-refractivity contribution < 1.29 is 0 Å². The summed E-state index contributed by atoms with van der Waals surface area (Å²) in [5.41, 5.74) is 0.548. The SMILES string of the molecule is CNCCN1CCCC(C)(C)C1. The Morgan fingerprint density at radius 3 is 2.75 bits per heavy atom. The van der Waals surface area contributed by atoms with Crippen molar-refractivity contribution in [1.29, 1.82) is 0 Å². The highest BCUT2D eigenvalue weighted by Crippen LogP contribution is 2.27. The van der Waals surface area contributed by atoms with Gasteiger partial charge in [-0.3, -0.25) is 0 Å². The molecule has 0 aromatic rings. The van der Waals surface area contributed by atoms with E-state index in [2.05, 4.69) is 24.1 Å². The molecule has 0 bridgehead atoms. The van der Waals surface area contributed by atoms with Gasteiger partial charge in [0, 0.05) is 19.6 Å². The minimum atomic E-state index is 0.548. The molecule has 0 spiro atoms. The summed E-state index contributed by atoms with van der Waals surface area (Å²) in [6, 6.07) is 0. The Labute approximate surface area is 76.3 Å². The number of rotatable bonds is 3. The number of hydrogen-bond donors (Lipinski definition) is 1. The molecule has 0 amide bonds. The summed E-state index contributed by atoms with van der Waals surface area (Å²) >= 11 is 0. The van der Waals surface area contributed by atoms with Crippen LogP contribution in [0, 0.1) is 5.41 Å². The van der Waals surface area contributed by atoms with E-state index in [1.165, 1.54) is 32.5 Å². The molecule has 0 aromatic carbocycles. The second-order valence-corrected chi connectivity index (χ2v) is 4.65. The van der Waals surface area contributed by atoms with Crippen LogP contribution < -0.4 is 5.32 Å². The fraction of sp³-hybridized carbons (Fsp3) is 1.00. The third-order valence-corrected chi connectivity index (χ3v) is 2.66. The first-order valence-corrected chi connectivity index (χ1v) is 5.01. The molecule has 12 heavy (non-hydrogen) atoms. The molecule has 1 heterocycles. The van der Waals surface area contributed by atoms with Crippen LogP contribution in [0.1, 0.15) is 26.7 Å². The van der Waals surface area contributed by atoms with Crippen LogP contribution in [0.5, 0.6) is 0 Å². The lowest BCUT2D eigenvalue weighted by Gasteiger charge is -2.38. The first-order valence-electron chi connectivity index (χ1n) is 5.01. The molecular formula is C10H22N2. The Morgan fingerprint density at radius 2 is 2.17 bits per heavy atom. The summed E-state index contributed by atoms with van der Waals surface area (Å²) in [6.07, 6.45) is 2.76. The van der Waals surface area contributed by atoms with Crippen LogP contribution >= 0.6 is 0 Å². The lowest BCUT2D eigenvalue weighted by molar-refractivity contribution is 0.119. The second-order valence-electron chi connectivity index (χ2n) is 4.65. The van der Waals surface area contributed by atoms with Gasteiger partial charge in [-0.1, -0.05) is 13.8 Å². The smallest absolute Gasteiger partial charge is 0.0107 e. The van der Waals surface area contributed by atoms with Crippen molar-refractivity contribution in [3.8, 4) is 0 Å². The Bertz CT molecular complexity index is 132. The molecular weight excluding hydrogens is 148 g/mol. The average Bonchev–Trinajstić information content (AvgIpc) is 1.99. The molecule has 0 atom stereocenters. The van der Waals surface area contributed by atoms with Crippen molar-refractivity contribution in [3.63, 3.8) is 0 Å². The lowest BCUT2D eigenvalue weighted by atomic mass is 9.84. The maximum absolute atomic E-state index is 3.20. The quantitative estimate of drug-likeness (QED) is 0.687. The van der Waals surface area contributed by atoms with Gasteiger partial charge in [0.15, 0.2) is 0 Å². The summed E-state index contributed by atoms with van der Waals surface area (Å²) in [7, 11) is 2.02. The van der Waals surface area contributed by atoms with Gasteiger partial charge in [-0.25, -0.2) is 0 Å². The highest BCUT2D eigenvalue weighted by molar-refractivity contribution is 4.79.